The second-order valence-corrected chi connectivity index (χ2v) is 5.54. The molecule has 0 aliphatic carbocycles. The lowest BCUT2D eigenvalue weighted by Gasteiger charge is -2.31. The van der Waals surface area contributed by atoms with Crippen LogP contribution in [0, 0.1) is 13.8 Å². The third-order valence-electron chi connectivity index (χ3n) is 4.03. The molecule has 1 aromatic rings. The fraction of sp³-hybridized carbons (Fsp3) is 0.500. The smallest absolute Gasteiger partial charge is 0.247 e. The van der Waals surface area contributed by atoms with Crippen molar-refractivity contribution in [1.82, 2.24) is 4.90 Å². The number of hydrogen-bond acceptors (Lipinski definition) is 3. The van der Waals surface area contributed by atoms with Gasteiger partial charge in [0.2, 0.25) is 11.8 Å². The Morgan fingerprint density at radius 1 is 1.33 bits per heavy atom. The lowest BCUT2D eigenvalue weighted by molar-refractivity contribution is -0.140. The van der Waals surface area contributed by atoms with Crippen molar-refractivity contribution in [3.8, 4) is 5.75 Å². The fourth-order valence-electron chi connectivity index (χ4n) is 2.70. The highest BCUT2D eigenvalue weighted by Gasteiger charge is 2.30. The Kier molecular flexibility index (Phi) is 4.50. The molecule has 1 N–H and O–H groups in total. The predicted octanol–water partition coefficient (Wildman–Crippen LogP) is 2.26. The molecule has 1 unspecified atom stereocenters. The minimum absolute atomic E-state index is 0.0274. The highest BCUT2D eigenvalue weighted by atomic mass is 16.5. The topological polar surface area (TPSA) is 58.6 Å². The number of methoxy groups -OCH3 is 1. The van der Waals surface area contributed by atoms with E-state index in [2.05, 4.69) is 5.32 Å². The molecule has 1 saturated heterocycles. The maximum absolute atomic E-state index is 12.4. The van der Waals surface area contributed by atoms with Gasteiger partial charge in [-0.3, -0.25) is 9.59 Å². The van der Waals surface area contributed by atoms with Gasteiger partial charge in [0.1, 0.15) is 11.8 Å². The number of carbonyl (C=O) groups excluding carboxylic acids is 2. The molecule has 1 aromatic carbocycles. The van der Waals surface area contributed by atoms with Gasteiger partial charge in [-0.2, -0.15) is 0 Å². The Morgan fingerprint density at radius 2 is 2.05 bits per heavy atom. The third-order valence-corrected chi connectivity index (χ3v) is 4.03. The normalized spacial score (nSPS) is 18.6. The summed E-state index contributed by atoms with van der Waals surface area (Å²) < 4.78 is 5.29. The first kappa shape index (κ1) is 15.4. The van der Waals surface area contributed by atoms with Crippen molar-refractivity contribution >= 4 is 17.5 Å². The molecule has 1 heterocycles. The highest BCUT2D eigenvalue weighted by molar-refractivity contribution is 5.98. The summed E-state index contributed by atoms with van der Waals surface area (Å²) >= 11 is 0. The zero-order chi connectivity index (χ0) is 15.6. The molecule has 5 heteroatoms. The van der Waals surface area contributed by atoms with E-state index in [0.717, 1.165) is 29.0 Å². The number of nitrogens with one attached hydrogen (secondary N) is 1. The van der Waals surface area contributed by atoms with E-state index < -0.39 is 6.04 Å². The predicted molar refractivity (Wildman–Crippen MR) is 81.5 cm³/mol. The maximum atomic E-state index is 12.4. The summed E-state index contributed by atoms with van der Waals surface area (Å²) in [7, 11) is 3.30. The summed E-state index contributed by atoms with van der Waals surface area (Å²) in [6, 6.07) is 3.41. The zero-order valence-corrected chi connectivity index (χ0v) is 13.0. The number of benzene rings is 1. The summed E-state index contributed by atoms with van der Waals surface area (Å²) in [5, 5.41) is 2.92. The van der Waals surface area contributed by atoms with Gasteiger partial charge >= 0.3 is 0 Å². The van der Waals surface area contributed by atoms with Gasteiger partial charge in [0.15, 0.2) is 0 Å². The van der Waals surface area contributed by atoms with Crippen molar-refractivity contribution in [2.24, 2.45) is 0 Å². The van der Waals surface area contributed by atoms with Crippen molar-refractivity contribution < 1.29 is 14.3 Å². The summed E-state index contributed by atoms with van der Waals surface area (Å²) in [6.07, 6.45) is 1.99. The molecule has 114 valence electrons. The van der Waals surface area contributed by atoms with Gasteiger partial charge in [-0.25, -0.2) is 0 Å². The van der Waals surface area contributed by atoms with Gasteiger partial charge < -0.3 is 15.0 Å². The number of anilines is 1. The van der Waals surface area contributed by atoms with Crippen molar-refractivity contribution in [3.63, 3.8) is 0 Å². The number of carbonyl (C=O) groups is 2. The summed E-state index contributed by atoms with van der Waals surface area (Å²) in [4.78, 5) is 25.7. The molecule has 1 aliphatic heterocycles. The van der Waals surface area contributed by atoms with Crippen LogP contribution >= 0.6 is 0 Å². The van der Waals surface area contributed by atoms with Crippen LogP contribution in [0.3, 0.4) is 0 Å². The number of aryl methyl sites for hydroxylation is 2. The lowest BCUT2D eigenvalue weighted by atomic mass is 10.0. The Labute approximate surface area is 125 Å². The van der Waals surface area contributed by atoms with E-state index >= 15 is 0 Å². The molecule has 0 aromatic heterocycles. The summed E-state index contributed by atoms with van der Waals surface area (Å²) in [5.41, 5.74) is 2.73. The molecule has 21 heavy (non-hydrogen) atoms. The van der Waals surface area contributed by atoms with Gasteiger partial charge in [-0.15, -0.1) is 0 Å². The fourth-order valence-corrected chi connectivity index (χ4v) is 2.70. The van der Waals surface area contributed by atoms with Gasteiger partial charge in [0.25, 0.3) is 0 Å². The Bertz CT molecular complexity index is 569. The number of piperidine rings is 1. The number of amides is 2. The first-order valence-corrected chi connectivity index (χ1v) is 7.15. The Hall–Kier alpha value is -2.04. The van der Waals surface area contributed by atoms with Gasteiger partial charge in [0.05, 0.1) is 7.11 Å². The second-order valence-electron chi connectivity index (χ2n) is 5.54. The van der Waals surface area contributed by atoms with Crippen molar-refractivity contribution in [2.45, 2.75) is 39.2 Å². The number of likely N-dealkylation sites (tertiary alicyclic amines) is 1. The molecule has 1 aliphatic rings. The summed E-state index contributed by atoms with van der Waals surface area (Å²) in [6.45, 7) is 3.91. The molecule has 0 saturated carbocycles. The van der Waals surface area contributed by atoms with E-state index in [0.29, 0.717) is 12.8 Å². The number of rotatable bonds is 3. The molecule has 5 nitrogen and oxygen atoms in total. The van der Waals surface area contributed by atoms with E-state index in [1.807, 2.05) is 26.0 Å². The monoisotopic (exact) mass is 290 g/mol. The quantitative estimate of drug-likeness (QED) is 0.929. The Morgan fingerprint density at radius 3 is 2.71 bits per heavy atom. The van der Waals surface area contributed by atoms with Gasteiger partial charge in [-0.1, -0.05) is 6.07 Å². The lowest BCUT2D eigenvalue weighted by Crippen LogP contribution is -2.47. The number of hydrogen-bond donors (Lipinski definition) is 1. The third kappa shape index (κ3) is 3.17. The number of nitrogens with zero attached hydrogens (tertiary/aromatic N) is 1. The maximum Gasteiger partial charge on any atom is 0.247 e. The van der Waals surface area contributed by atoms with E-state index in [-0.39, 0.29) is 11.8 Å². The van der Waals surface area contributed by atoms with Crippen molar-refractivity contribution in [2.75, 3.05) is 19.5 Å². The van der Waals surface area contributed by atoms with Crippen LogP contribution in [0.5, 0.6) is 5.75 Å². The van der Waals surface area contributed by atoms with E-state index in [1.165, 1.54) is 0 Å². The average Bonchev–Trinajstić information content (AvgIpc) is 2.44. The molecule has 1 fully saturated rings. The van der Waals surface area contributed by atoms with E-state index in [1.54, 1.807) is 19.1 Å². The first-order valence-electron chi connectivity index (χ1n) is 7.15. The van der Waals surface area contributed by atoms with Crippen LogP contribution < -0.4 is 10.1 Å². The van der Waals surface area contributed by atoms with Crippen LogP contribution in [-0.4, -0.2) is 36.9 Å². The molecule has 0 radical (unpaired) electrons. The minimum Gasteiger partial charge on any atom is -0.496 e. The van der Waals surface area contributed by atoms with Crippen LogP contribution in [0.1, 0.15) is 30.4 Å². The number of likely N-dealkylation sites (N-methyl/N-ethyl adjacent to an activating group) is 1. The molecule has 2 amide bonds. The molecule has 1 atom stereocenters. The summed E-state index contributed by atoms with van der Waals surface area (Å²) in [5.74, 6) is 0.628. The average molecular weight is 290 g/mol. The standard InChI is InChI=1S/C16H22N2O3/c1-10-8-11(2)14(21-4)9-12(10)17-16(20)13-6-5-7-15(19)18(13)3/h8-9,13H,5-7H2,1-4H3,(H,17,20). The molecule has 0 spiro atoms. The number of ether oxygens (including phenoxy) is 1. The first-order chi connectivity index (χ1) is 9.93. The Balaban J connectivity index is 2.17. The van der Waals surface area contributed by atoms with Crippen LogP contribution in [-0.2, 0) is 9.59 Å². The van der Waals surface area contributed by atoms with Gasteiger partial charge in [-0.05, 0) is 37.8 Å². The molecular weight excluding hydrogens is 268 g/mol. The second kappa shape index (κ2) is 6.16. The SMILES string of the molecule is COc1cc(NC(=O)C2CCCC(=O)N2C)c(C)cc1C. The largest absolute Gasteiger partial charge is 0.496 e. The molecule has 0 bridgehead atoms. The van der Waals surface area contributed by atoms with Crippen LogP contribution in [0.4, 0.5) is 5.69 Å². The minimum atomic E-state index is -0.391. The zero-order valence-electron chi connectivity index (χ0n) is 13.0. The van der Waals surface area contributed by atoms with E-state index in [4.69, 9.17) is 4.74 Å². The van der Waals surface area contributed by atoms with Crippen LogP contribution in [0.25, 0.3) is 0 Å². The van der Waals surface area contributed by atoms with Crippen LogP contribution in [0.15, 0.2) is 12.1 Å². The van der Waals surface area contributed by atoms with Crippen molar-refractivity contribution in [1.29, 1.82) is 0 Å². The van der Waals surface area contributed by atoms with E-state index in [9.17, 15) is 9.59 Å². The molecule has 2 rings (SSSR count). The van der Waals surface area contributed by atoms with Gasteiger partial charge in [0, 0.05) is 25.2 Å². The van der Waals surface area contributed by atoms with Crippen LogP contribution in [0.2, 0.25) is 0 Å². The highest BCUT2D eigenvalue weighted by Crippen LogP contribution is 2.27. The molecular formula is C16H22N2O3. The van der Waals surface area contributed by atoms with Crippen molar-refractivity contribution in [3.05, 3.63) is 23.3 Å².